The van der Waals surface area contributed by atoms with Crippen molar-refractivity contribution in [2.75, 3.05) is 0 Å². The fourth-order valence-electron chi connectivity index (χ4n) is 2.33. The van der Waals surface area contributed by atoms with E-state index in [1.54, 1.807) is 37.3 Å². The molecule has 1 fully saturated rings. The number of aryl methyl sites for hydroxylation is 1. The van der Waals surface area contributed by atoms with Crippen molar-refractivity contribution in [1.82, 2.24) is 5.32 Å². The van der Waals surface area contributed by atoms with Crippen molar-refractivity contribution in [3.8, 4) is 5.75 Å². The van der Waals surface area contributed by atoms with Gasteiger partial charge in [-0.05, 0) is 60.1 Å². The molecule has 0 aliphatic carbocycles. The minimum atomic E-state index is -4.09. The van der Waals surface area contributed by atoms with Crippen LogP contribution in [-0.4, -0.2) is 31.0 Å². The third-order valence-electron chi connectivity index (χ3n) is 3.76. The molecule has 2 aromatic carbocycles. The second-order valence-electron chi connectivity index (χ2n) is 6.05. The molecule has 1 aliphatic heterocycles. The Morgan fingerprint density at radius 3 is 2.66 bits per heavy atom. The van der Waals surface area contributed by atoms with Crippen molar-refractivity contribution in [2.24, 2.45) is 10.2 Å². The molecule has 152 valence electrons. The smallest absolute Gasteiger partial charge is 0.340 e. The molecule has 1 heterocycles. The van der Waals surface area contributed by atoms with Gasteiger partial charge in [-0.25, -0.2) is 0 Å². The number of nitrogens with zero attached hydrogens (tertiary/aromatic N) is 2. The summed E-state index contributed by atoms with van der Waals surface area (Å²) < 4.78 is 31.9. The van der Waals surface area contributed by atoms with Gasteiger partial charge in [0.1, 0.15) is 4.90 Å². The Kier molecular flexibility index (Phi) is 6.82. The molecule has 7 nitrogen and oxygen atoms in total. The van der Waals surface area contributed by atoms with Crippen LogP contribution in [0.4, 0.5) is 0 Å². The first-order valence-corrected chi connectivity index (χ1v) is 12.1. The average molecular weight is 561 g/mol. The van der Waals surface area contributed by atoms with Crippen LogP contribution in [0.2, 0.25) is 0 Å². The van der Waals surface area contributed by atoms with Crippen molar-refractivity contribution in [3.05, 3.63) is 56.5 Å². The van der Waals surface area contributed by atoms with Gasteiger partial charge in [0.15, 0.2) is 10.9 Å². The molecule has 1 aliphatic rings. The van der Waals surface area contributed by atoms with Crippen LogP contribution >= 0.6 is 43.6 Å². The molecular weight excluding hydrogens is 546 g/mol. The molecule has 0 spiro atoms. The third kappa shape index (κ3) is 5.47. The van der Waals surface area contributed by atoms with Crippen LogP contribution in [0.3, 0.4) is 0 Å². The van der Waals surface area contributed by atoms with Gasteiger partial charge < -0.3 is 9.50 Å². The highest BCUT2D eigenvalue weighted by Gasteiger charge is 2.26. The summed E-state index contributed by atoms with van der Waals surface area (Å²) in [6, 6.07) is 9.80. The maximum Gasteiger partial charge on any atom is 0.340 e. The molecule has 1 amide bonds. The highest BCUT2D eigenvalue weighted by molar-refractivity contribution is 9.11. The first-order chi connectivity index (χ1) is 13.7. The summed E-state index contributed by atoms with van der Waals surface area (Å²) in [6.45, 7) is 3.63. The van der Waals surface area contributed by atoms with Crippen molar-refractivity contribution < 1.29 is 17.4 Å². The maximum absolute atomic E-state index is 12.8. The maximum atomic E-state index is 12.8. The Morgan fingerprint density at radius 1 is 1.21 bits per heavy atom. The number of benzene rings is 2. The van der Waals surface area contributed by atoms with E-state index >= 15 is 0 Å². The van der Waals surface area contributed by atoms with Crippen molar-refractivity contribution in [3.63, 3.8) is 0 Å². The summed E-state index contributed by atoms with van der Waals surface area (Å²) in [7, 11) is -4.09. The molecule has 1 atom stereocenters. The lowest BCUT2D eigenvalue weighted by atomic mass is 10.1. The van der Waals surface area contributed by atoms with E-state index in [-0.39, 0.29) is 21.8 Å². The Balaban J connectivity index is 1.89. The number of carbonyl (C=O) groups is 1. The number of nitrogens with one attached hydrogen (secondary N) is 1. The standard InChI is InChI=1S/C18H15Br2N3O4S2/c1-10-3-6-15(27-29(25,26)16-8-13(19)4-5-14(16)20)12(7-10)9-21-23-18-22-17(24)11(2)28-18/h3-9,11H,1-2H3,(H,22,23,24)/t11-/m1/s1. The summed E-state index contributed by atoms with van der Waals surface area (Å²) in [5.41, 5.74) is 1.33. The predicted molar refractivity (Wildman–Crippen MR) is 121 cm³/mol. The van der Waals surface area contributed by atoms with Gasteiger partial charge in [0.25, 0.3) is 0 Å². The Bertz CT molecular complexity index is 1130. The normalized spacial score (nSPS) is 18.4. The van der Waals surface area contributed by atoms with Gasteiger partial charge in [0.05, 0.1) is 11.5 Å². The van der Waals surface area contributed by atoms with Crippen LogP contribution < -0.4 is 9.50 Å². The SMILES string of the molecule is Cc1ccc(OS(=O)(=O)c2cc(Br)ccc2Br)c(C=NN=C2NC(=O)[C@@H](C)S2)c1. The van der Waals surface area contributed by atoms with Crippen LogP contribution in [0.25, 0.3) is 0 Å². The van der Waals surface area contributed by atoms with Crippen LogP contribution in [0.1, 0.15) is 18.1 Å². The van der Waals surface area contributed by atoms with Gasteiger partial charge in [0, 0.05) is 14.5 Å². The van der Waals surface area contributed by atoms with Crippen molar-refractivity contribution in [2.45, 2.75) is 24.0 Å². The van der Waals surface area contributed by atoms with E-state index in [2.05, 4.69) is 47.4 Å². The first kappa shape index (κ1) is 22.0. The summed E-state index contributed by atoms with van der Waals surface area (Å²) in [4.78, 5) is 11.5. The number of thioether (sulfide) groups is 1. The molecule has 11 heteroatoms. The summed E-state index contributed by atoms with van der Waals surface area (Å²) in [6.07, 6.45) is 1.39. The highest BCUT2D eigenvalue weighted by atomic mass is 79.9. The number of amides is 1. The lowest BCUT2D eigenvalue weighted by molar-refractivity contribution is -0.118. The van der Waals surface area contributed by atoms with Gasteiger partial charge in [-0.15, -0.1) is 5.10 Å². The number of rotatable bonds is 5. The zero-order chi connectivity index (χ0) is 21.2. The van der Waals surface area contributed by atoms with Gasteiger partial charge in [-0.2, -0.15) is 13.5 Å². The highest BCUT2D eigenvalue weighted by Crippen LogP contribution is 2.29. The van der Waals surface area contributed by atoms with Crippen LogP contribution in [0.5, 0.6) is 5.75 Å². The molecule has 2 aromatic rings. The van der Waals surface area contributed by atoms with E-state index in [1.165, 1.54) is 24.0 Å². The summed E-state index contributed by atoms with van der Waals surface area (Å²) >= 11 is 7.77. The van der Waals surface area contributed by atoms with Crippen molar-refractivity contribution >= 4 is 71.0 Å². The lowest BCUT2D eigenvalue weighted by Crippen LogP contribution is -2.23. The summed E-state index contributed by atoms with van der Waals surface area (Å²) in [5, 5.41) is 10.7. The third-order valence-corrected chi connectivity index (χ3v) is 7.46. The van der Waals surface area contributed by atoms with E-state index in [4.69, 9.17) is 4.18 Å². The largest absolute Gasteiger partial charge is 0.378 e. The monoisotopic (exact) mass is 559 g/mol. The lowest BCUT2D eigenvalue weighted by Gasteiger charge is -2.11. The van der Waals surface area contributed by atoms with Gasteiger partial charge in [-0.1, -0.05) is 39.3 Å². The Labute approximate surface area is 189 Å². The molecule has 0 saturated carbocycles. The number of halogens is 2. The van der Waals surface area contributed by atoms with E-state index in [0.29, 0.717) is 19.7 Å². The minimum absolute atomic E-state index is 0.00497. The van der Waals surface area contributed by atoms with E-state index in [9.17, 15) is 13.2 Å². The van der Waals surface area contributed by atoms with Gasteiger partial charge >= 0.3 is 10.1 Å². The van der Waals surface area contributed by atoms with Crippen molar-refractivity contribution in [1.29, 1.82) is 0 Å². The second-order valence-corrected chi connectivity index (χ2v) is 10.7. The fourth-order valence-corrected chi connectivity index (χ4v) is 5.49. The number of carbonyl (C=O) groups excluding carboxylic acids is 1. The molecule has 0 bridgehead atoms. The molecule has 0 unspecified atom stereocenters. The molecule has 29 heavy (non-hydrogen) atoms. The topological polar surface area (TPSA) is 97.2 Å². The van der Waals surface area contributed by atoms with Crippen LogP contribution in [0.15, 0.2) is 60.4 Å². The van der Waals surface area contributed by atoms with Gasteiger partial charge in [0.2, 0.25) is 5.91 Å². The molecule has 0 radical (unpaired) electrons. The fraction of sp³-hybridized carbons (Fsp3) is 0.167. The Hall–Kier alpha value is -1.69. The molecular formula is C18H15Br2N3O4S2. The number of hydrogen-bond acceptors (Lipinski definition) is 7. The summed E-state index contributed by atoms with van der Waals surface area (Å²) in [5.74, 6) is -0.0166. The zero-order valence-electron chi connectivity index (χ0n) is 15.2. The molecule has 1 saturated heterocycles. The molecule has 3 rings (SSSR count). The van der Waals surface area contributed by atoms with E-state index < -0.39 is 10.1 Å². The van der Waals surface area contributed by atoms with Crippen LogP contribution in [-0.2, 0) is 14.9 Å². The quantitative estimate of drug-likeness (QED) is 0.335. The average Bonchev–Trinajstić information content (AvgIpc) is 2.97. The second kappa shape index (κ2) is 8.99. The van der Waals surface area contributed by atoms with Gasteiger partial charge in [-0.3, -0.25) is 4.79 Å². The Morgan fingerprint density at radius 2 is 1.97 bits per heavy atom. The predicted octanol–water partition coefficient (Wildman–Crippen LogP) is 4.23. The minimum Gasteiger partial charge on any atom is -0.378 e. The number of hydrogen-bond donors (Lipinski definition) is 1. The van der Waals surface area contributed by atoms with Crippen LogP contribution in [0, 0.1) is 6.92 Å². The number of amidine groups is 1. The molecule has 1 N–H and O–H groups in total. The van der Waals surface area contributed by atoms with E-state index in [0.717, 1.165) is 5.56 Å². The zero-order valence-corrected chi connectivity index (χ0v) is 20.0. The van der Waals surface area contributed by atoms with E-state index in [1.807, 2.05) is 6.92 Å². The molecule has 0 aromatic heterocycles. The first-order valence-electron chi connectivity index (χ1n) is 8.24.